The lowest BCUT2D eigenvalue weighted by Gasteiger charge is -2.39. The molecule has 0 aromatic heterocycles. The molecule has 0 saturated carbocycles. The predicted octanol–water partition coefficient (Wildman–Crippen LogP) is 3.23. The van der Waals surface area contributed by atoms with E-state index in [0.29, 0.717) is 36.0 Å². The summed E-state index contributed by atoms with van der Waals surface area (Å²) in [7, 11) is 4.66. The molecule has 1 aliphatic carbocycles. The standard InChI is InChI=1S/C19H23NO5/c1-23-16-9-14(10-17(24-2)18(16)25-3)20-11-13(19(20)22)8-12-4-6-15(21)7-5-12/h4,6,9-10,13,21H,5,7-8,11H2,1-3H3/t13-/m1/s1. The van der Waals surface area contributed by atoms with Gasteiger partial charge in [0.2, 0.25) is 11.7 Å². The Kier molecular flexibility index (Phi) is 4.88. The Morgan fingerprint density at radius 2 is 1.76 bits per heavy atom. The van der Waals surface area contributed by atoms with E-state index >= 15 is 0 Å². The Morgan fingerprint density at radius 3 is 2.24 bits per heavy atom. The first-order chi connectivity index (χ1) is 12.1. The Bertz CT molecular complexity index is 712. The van der Waals surface area contributed by atoms with Crippen molar-refractivity contribution in [2.24, 2.45) is 5.92 Å². The first-order valence-electron chi connectivity index (χ1n) is 8.26. The molecule has 134 valence electrons. The first kappa shape index (κ1) is 17.2. The number of hydrogen-bond acceptors (Lipinski definition) is 5. The fourth-order valence-corrected chi connectivity index (χ4v) is 3.26. The lowest BCUT2D eigenvalue weighted by molar-refractivity contribution is -0.127. The number of benzene rings is 1. The molecule has 0 spiro atoms. The largest absolute Gasteiger partial charge is 0.512 e. The highest BCUT2D eigenvalue weighted by Gasteiger charge is 2.38. The van der Waals surface area contributed by atoms with Crippen molar-refractivity contribution >= 4 is 11.6 Å². The van der Waals surface area contributed by atoms with Crippen molar-refractivity contribution in [3.8, 4) is 17.2 Å². The third-order valence-corrected chi connectivity index (χ3v) is 4.70. The maximum Gasteiger partial charge on any atom is 0.232 e. The van der Waals surface area contributed by atoms with Crippen LogP contribution < -0.4 is 19.1 Å². The molecule has 6 nitrogen and oxygen atoms in total. The highest BCUT2D eigenvalue weighted by molar-refractivity contribution is 6.02. The van der Waals surface area contributed by atoms with Crippen LogP contribution in [0.5, 0.6) is 17.2 Å². The van der Waals surface area contributed by atoms with Crippen LogP contribution in [-0.2, 0) is 4.79 Å². The molecule has 1 amide bonds. The van der Waals surface area contributed by atoms with Gasteiger partial charge < -0.3 is 24.2 Å². The van der Waals surface area contributed by atoms with Gasteiger partial charge in [0.25, 0.3) is 0 Å². The van der Waals surface area contributed by atoms with Crippen molar-refractivity contribution in [2.75, 3.05) is 32.8 Å². The Morgan fingerprint density at radius 1 is 1.08 bits per heavy atom. The summed E-state index contributed by atoms with van der Waals surface area (Å²) in [6.45, 7) is 0.657. The summed E-state index contributed by atoms with van der Waals surface area (Å²) < 4.78 is 16.0. The molecule has 25 heavy (non-hydrogen) atoms. The van der Waals surface area contributed by atoms with Gasteiger partial charge in [-0.1, -0.05) is 11.6 Å². The molecule has 1 heterocycles. The highest BCUT2D eigenvalue weighted by Crippen LogP contribution is 2.43. The fourth-order valence-electron chi connectivity index (χ4n) is 3.26. The van der Waals surface area contributed by atoms with Gasteiger partial charge in [-0.3, -0.25) is 4.79 Å². The summed E-state index contributed by atoms with van der Waals surface area (Å²) in [6.07, 6.45) is 5.86. The van der Waals surface area contributed by atoms with E-state index in [1.165, 1.54) is 5.57 Å². The number of carbonyl (C=O) groups is 1. The van der Waals surface area contributed by atoms with Crippen LogP contribution in [0, 0.1) is 5.92 Å². The number of nitrogens with zero attached hydrogens (tertiary/aromatic N) is 1. The molecule has 1 fully saturated rings. The van der Waals surface area contributed by atoms with Crippen LogP contribution in [0.4, 0.5) is 5.69 Å². The van der Waals surface area contributed by atoms with Gasteiger partial charge in [0.15, 0.2) is 11.5 Å². The maximum absolute atomic E-state index is 12.6. The van der Waals surface area contributed by atoms with Crippen molar-refractivity contribution in [3.63, 3.8) is 0 Å². The van der Waals surface area contributed by atoms with Crippen molar-refractivity contribution < 1.29 is 24.1 Å². The third-order valence-electron chi connectivity index (χ3n) is 4.70. The Labute approximate surface area is 147 Å². The number of anilines is 1. The van der Waals surface area contributed by atoms with Gasteiger partial charge in [0.05, 0.1) is 38.7 Å². The van der Waals surface area contributed by atoms with Crippen molar-refractivity contribution in [2.45, 2.75) is 19.3 Å². The molecule has 1 saturated heterocycles. The van der Waals surface area contributed by atoms with Gasteiger partial charge in [0.1, 0.15) is 0 Å². The monoisotopic (exact) mass is 345 g/mol. The van der Waals surface area contributed by atoms with Crippen molar-refractivity contribution in [1.29, 1.82) is 0 Å². The van der Waals surface area contributed by atoms with Gasteiger partial charge >= 0.3 is 0 Å². The molecule has 1 aliphatic heterocycles. The second kappa shape index (κ2) is 7.09. The summed E-state index contributed by atoms with van der Waals surface area (Å²) in [5.74, 6) is 2.06. The zero-order valence-electron chi connectivity index (χ0n) is 14.7. The van der Waals surface area contributed by atoms with Crippen LogP contribution in [0.2, 0.25) is 0 Å². The van der Waals surface area contributed by atoms with Gasteiger partial charge in [0, 0.05) is 25.1 Å². The summed E-state index contributed by atoms with van der Waals surface area (Å²) in [5.41, 5.74) is 1.95. The van der Waals surface area contributed by atoms with Crippen LogP contribution in [0.1, 0.15) is 19.3 Å². The van der Waals surface area contributed by atoms with E-state index < -0.39 is 0 Å². The van der Waals surface area contributed by atoms with Crippen LogP contribution in [0.15, 0.2) is 35.6 Å². The van der Waals surface area contributed by atoms with E-state index in [1.807, 2.05) is 6.08 Å². The minimum Gasteiger partial charge on any atom is -0.512 e. The smallest absolute Gasteiger partial charge is 0.232 e. The number of ether oxygens (including phenoxy) is 3. The molecular weight excluding hydrogens is 322 g/mol. The van der Waals surface area contributed by atoms with Crippen LogP contribution in [0.3, 0.4) is 0 Å². The van der Waals surface area contributed by atoms with Gasteiger partial charge in [-0.2, -0.15) is 0 Å². The summed E-state index contributed by atoms with van der Waals surface area (Å²) in [5, 5.41) is 9.42. The van der Waals surface area contributed by atoms with E-state index in [0.717, 1.165) is 18.5 Å². The average molecular weight is 345 g/mol. The molecule has 6 heteroatoms. The SMILES string of the molecule is COc1cc(N2C[C@@H](CC3=CC=C(O)CC3)C2=O)cc(OC)c1OC. The number of aliphatic hydroxyl groups excluding tert-OH is 1. The quantitative estimate of drug-likeness (QED) is 0.802. The molecule has 0 bridgehead atoms. The average Bonchev–Trinajstić information content (AvgIpc) is 2.64. The normalized spacial score (nSPS) is 19.7. The minimum atomic E-state index is -0.0148. The van der Waals surface area contributed by atoms with Crippen molar-refractivity contribution in [3.05, 3.63) is 35.6 Å². The fraction of sp³-hybridized carbons (Fsp3) is 0.421. The number of rotatable bonds is 6. The molecule has 1 N–H and O–H groups in total. The Hall–Kier alpha value is -2.63. The lowest BCUT2D eigenvalue weighted by Crippen LogP contribution is -2.52. The number of methoxy groups -OCH3 is 3. The second-order valence-electron chi connectivity index (χ2n) is 6.22. The summed E-state index contributed by atoms with van der Waals surface area (Å²) in [4.78, 5) is 14.3. The number of allylic oxidation sites excluding steroid dienone is 4. The zero-order valence-corrected chi connectivity index (χ0v) is 14.7. The van der Waals surface area contributed by atoms with E-state index in [4.69, 9.17) is 14.2 Å². The van der Waals surface area contributed by atoms with Crippen LogP contribution in [0.25, 0.3) is 0 Å². The summed E-state index contributed by atoms with van der Waals surface area (Å²) in [6, 6.07) is 3.58. The predicted molar refractivity (Wildman–Crippen MR) is 94.6 cm³/mol. The third kappa shape index (κ3) is 3.29. The number of β-lactam (4-membered cyclic amide) rings is 1. The van der Waals surface area contributed by atoms with Gasteiger partial charge in [-0.05, 0) is 18.9 Å². The molecular formula is C19H23NO5. The highest BCUT2D eigenvalue weighted by atomic mass is 16.5. The maximum atomic E-state index is 12.6. The Balaban J connectivity index is 1.73. The molecule has 1 atom stereocenters. The van der Waals surface area contributed by atoms with E-state index in [-0.39, 0.29) is 11.8 Å². The molecule has 1 aromatic rings. The first-order valence-corrected chi connectivity index (χ1v) is 8.26. The topological polar surface area (TPSA) is 68.2 Å². The molecule has 0 radical (unpaired) electrons. The number of amides is 1. The minimum absolute atomic E-state index is 0.0148. The van der Waals surface area contributed by atoms with E-state index in [9.17, 15) is 9.90 Å². The van der Waals surface area contributed by atoms with E-state index in [2.05, 4.69) is 0 Å². The van der Waals surface area contributed by atoms with Crippen LogP contribution >= 0.6 is 0 Å². The molecule has 3 rings (SSSR count). The van der Waals surface area contributed by atoms with Gasteiger partial charge in [-0.15, -0.1) is 0 Å². The number of carbonyl (C=O) groups excluding carboxylic acids is 1. The zero-order chi connectivity index (χ0) is 18.0. The second-order valence-corrected chi connectivity index (χ2v) is 6.22. The molecule has 2 aliphatic rings. The van der Waals surface area contributed by atoms with Crippen LogP contribution in [-0.4, -0.2) is 38.9 Å². The molecule has 1 aromatic carbocycles. The van der Waals surface area contributed by atoms with E-state index in [1.54, 1.807) is 44.4 Å². The lowest BCUT2D eigenvalue weighted by atomic mass is 9.87. The van der Waals surface area contributed by atoms with Gasteiger partial charge in [-0.25, -0.2) is 0 Å². The summed E-state index contributed by atoms with van der Waals surface area (Å²) >= 11 is 0. The number of hydrogen-bond donors (Lipinski definition) is 1. The van der Waals surface area contributed by atoms with Crippen molar-refractivity contribution in [1.82, 2.24) is 0 Å². The molecule has 0 unspecified atom stereocenters. The number of aliphatic hydroxyl groups is 1.